The molecule has 0 aliphatic rings. The standard InChI is InChI=1S/C12H19N3OS.HI/c1-4-7-14-11(13-3)15-9-12(2,16)10-6-5-8-17-10;/h4-6,8,16H,1,7,9H2,2-3H3,(H2,13,14,15);1H. The monoisotopic (exact) mass is 381 g/mol. The molecule has 0 saturated carbocycles. The molecule has 0 amide bonds. The van der Waals surface area contributed by atoms with Crippen molar-refractivity contribution in [1.29, 1.82) is 0 Å². The predicted molar refractivity (Wildman–Crippen MR) is 88.9 cm³/mol. The second-order valence-electron chi connectivity index (χ2n) is 3.85. The van der Waals surface area contributed by atoms with Gasteiger partial charge in [0.05, 0.1) is 6.54 Å². The van der Waals surface area contributed by atoms with Gasteiger partial charge in [-0.2, -0.15) is 0 Å². The minimum absolute atomic E-state index is 0. The smallest absolute Gasteiger partial charge is 0.191 e. The molecule has 0 saturated heterocycles. The summed E-state index contributed by atoms with van der Waals surface area (Å²) < 4.78 is 0. The molecule has 0 aliphatic heterocycles. The SMILES string of the molecule is C=CCNC(=NC)NCC(C)(O)c1cccs1.I. The molecule has 1 unspecified atom stereocenters. The van der Waals surface area contributed by atoms with Gasteiger partial charge in [-0.3, -0.25) is 4.99 Å². The first-order valence-electron chi connectivity index (χ1n) is 5.42. The lowest BCUT2D eigenvalue weighted by molar-refractivity contribution is 0.0655. The highest BCUT2D eigenvalue weighted by Crippen LogP contribution is 2.24. The first-order valence-corrected chi connectivity index (χ1v) is 6.30. The molecule has 0 aromatic carbocycles. The third kappa shape index (κ3) is 5.36. The Labute approximate surface area is 129 Å². The number of thiophene rings is 1. The fraction of sp³-hybridized carbons (Fsp3) is 0.417. The number of nitrogens with one attached hydrogen (secondary N) is 2. The van der Waals surface area contributed by atoms with Gasteiger partial charge in [0.15, 0.2) is 5.96 Å². The van der Waals surface area contributed by atoms with E-state index in [0.29, 0.717) is 19.0 Å². The molecule has 0 aliphatic carbocycles. The van der Waals surface area contributed by atoms with Crippen molar-refractivity contribution in [2.45, 2.75) is 12.5 Å². The Morgan fingerprint density at radius 3 is 2.83 bits per heavy atom. The minimum Gasteiger partial charge on any atom is -0.383 e. The molecule has 0 fully saturated rings. The van der Waals surface area contributed by atoms with Crippen LogP contribution in [0.3, 0.4) is 0 Å². The Morgan fingerprint density at radius 1 is 1.61 bits per heavy atom. The highest BCUT2D eigenvalue weighted by Gasteiger charge is 2.24. The van der Waals surface area contributed by atoms with Crippen molar-refractivity contribution in [3.63, 3.8) is 0 Å². The Bertz CT molecular complexity index is 377. The summed E-state index contributed by atoms with van der Waals surface area (Å²) in [6.45, 7) is 6.45. The second-order valence-corrected chi connectivity index (χ2v) is 4.79. The highest BCUT2D eigenvalue weighted by molar-refractivity contribution is 14.0. The maximum atomic E-state index is 10.3. The third-order valence-corrected chi connectivity index (χ3v) is 3.41. The summed E-state index contributed by atoms with van der Waals surface area (Å²) in [5.74, 6) is 0.654. The largest absolute Gasteiger partial charge is 0.383 e. The third-order valence-electron chi connectivity index (χ3n) is 2.29. The van der Waals surface area contributed by atoms with E-state index in [9.17, 15) is 5.11 Å². The molecule has 1 rings (SSSR count). The molecule has 0 bridgehead atoms. The van der Waals surface area contributed by atoms with Crippen LogP contribution >= 0.6 is 35.3 Å². The fourth-order valence-electron chi connectivity index (χ4n) is 1.32. The molecule has 18 heavy (non-hydrogen) atoms. The molecule has 1 heterocycles. The molecule has 1 aromatic heterocycles. The van der Waals surface area contributed by atoms with Gasteiger partial charge < -0.3 is 15.7 Å². The minimum atomic E-state index is -0.889. The number of hydrogen-bond donors (Lipinski definition) is 3. The number of halogens is 1. The molecule has 0 spiro atoms. The van der Waals surface area contributed by atoms with Gasteiger partial charge in [-0.25, -0.2) is 0 Å². The Balaban J connectivity index is 0.00000289. The van der Waals surface area contributed by atoms with E-state index in [4.69, 9.17) is 0 Å². The second kappa shape index (κ2) is 8.49. The lowest BCUT2D eigenvalue weighted by Crippen LogP contribution is -2.44. The summed E-state index contributed by atoms with van der Waals surface area (Å²) in [4.78, 5) is 4.98. The first-order chi connectivity index (χ1) is 8.10. The zero-order valence-electron chi connectivity index (χ0n) is 10.6. The van der Waals surface area contributed by atoms with Crippen LogP contribution in [0.15, 0.2) is 35.2 Å². The van der Waals surface area contributed by atoms with Gasteiger partial charge >= 0.3 is 0 Å². The summed E-state index contributed by atoms with van der Waals surface area (Å²) in [5, 5.41) is 18.4. The maximum Gasteiger partial charge on any atom is 0.191 e. The Morgan fingerprint density at radius 2 is 2.33 bits per heavy atom. The van der Waals surface area contributed by atoms with E-state index in [2.05, 4.69) is 22.2 Å². The van der Waals surface area contributed by atoms with Crippen LogP contribution in [0.25, 0.3) is 0 Å². The van der Waals surface area contributed by atoms with Crippen LogP contribution in [0, 0.1) is 0 Å². The van der Waals surface area contributed by atoms with E-state index in [1.165, 1.54) is 0 Å². The van der Waals surface area contributed by atoms with Gasteiger partial charge in [0.25, 0.3) is 0 Å². The molecule has 1 atom stereocenters. The van der Waals surface area contributed by atoms with Crippen molar-refractivity contribution in [3.8, 4) is 0 Å². The van der Waals surface area contributed by atoms with E-state index < -0.39 is 5.60 Å². The summed E-state index contributed by atoms with van der Waals surface area (Å²) >= 11 is 1.54. The van der Waals surface area contributed by atoms with Crippen molar-refractivity contribution in [2.24, 2.45) is 4.99 Å². The predicted octanol–water partition coefficient (Wildman–Crippen LogP) is 1.92. The van der Waals surface area contributed by atoms with Gasteiger partial charge in [0, 0.05) is 18.5 Å². The lowest BCUT2D eigenvalue weighted by atomic mass is 10.1. The Hall–Kier alpha value is -0.600. The van der Waals surface area contributed by atoms with Crippen LogP contribution < -0.4 is 10.6 Å². The average molecular weight is 381 g/mol. The topological polar surface area (TPSA) is 56.7 Å². The molecule has 3 N–H and O–H groups in total. The van der Waals surface area contributed by atoms with Gasteiger partial charge in [-0.1, -0.05) is 12.1 Å². The average Bonchev–Trinajstić information content (AvgIpc) is 2.83. The molecule has 1 aromatic rings. The summed E-state index contributed by atoms with van der Waals surface area (Å²) in [5.41, 5.74) is -0.889. The van der Waals surface area contributed by atoms with Crippen LogP contribution in [0.2, 0.25) is 0 Å². The zero-order chi connectivity index (χ0) is 12.7. The van der Waals surface area contributed by atoms with E-state index in [1.807, 2.05) is 17.5 Å². The van der Waals surface area contributed by atoms with E-state index >= 15 is 0 Å². The van der Waals surface area contributed by atoms with Crippen molar-refractivity contribution in [2.75, 3.05) is 20.1 Å². The lowest BCUT2D eigenvalue weighted by Gasteiger charge is -2.23. The van der Waals surface area contributed by atoms with Gasteiger partial charge in [-0.15, -0.1) is 41.9 Å². The molecular weight excluding hydrogens is 361 g/mol. The van der Waals surface area contributed by atoms with E-state index in [-0.39, 0.29) is 24.0 Å². The molecule has 6 heteroatoms. The normalized spacial score (nSPS) is 14.3. The Kier molecular flexibility index (Phi) is 8.21. The first kappa shape index (κ1) is 17.4. The molecule has 102 valence electrons. The van der Waals surface area contributed by atoms with Gasteiger partial charge in [0.2, 0.25) is 0 Å². The van der Waals surface area contributed by atoms with Gasteiger partial charge in [0.1, 0.15) is 5.60 Å². The van der Waals surface area contributed by atoms with Crippen molar-refractivity contribution in [3.05, 3.63) is 35.0 Å². The number of hydrogen-bond acceptors (Lipinski definition) is 3. The van der Waals surface area contributed by atoms with Crippen molar-refractivity contribution < 1.29 is 5.11 Å². The summed E-state index contributed by atoms with van der Waals surface area (Å²) in [7, 11) is 1.69. The van der Waals surface area contributed by atoms with Crippen LogP contribution in [-0.4, -0.2) is 31.2 Å². The van der Waals surface area contributed by atoms with Crippen molar-refractivity contribution in [1.82, 2.24) is 10.6 Å². The van der Waals surface area contributed by atoms with E-state index in [1.54, 1.807) is 31.4 Å². The maximum absolute atomic E-state index is 10.3. The van der Waals surface area contributed by atoms with Crippen LogP contribution in [0.1, 0.15) is 11.8 Å². The van der Waals surface area contributed by atoms with Crippen LogP contribution in [0.5, 0.6) is 0 Å². The number of guanidine groups is 1. The van der Waals surface area contributed by atoms with E-state index in [0.717, 1.165) is 4.88 Å². The number of aliphatic hydroxyl groups is 1. The number of nitrogens with zero attached hydrogens (tertiary/aromatic N) is 1. The van der Waals surface area contributed by atoms with Crippen LogP contribution in [-0.2, 0) is 5.60 Å². The quantitative estimate of drug-likeness (QED) is 0.316. The number of rotatable bonds is 5. The van der Waals surface area contributed by atoms with Crippen LogP contribution in [0.4, 0.5) is 0 Å². The summed E-state index contributed by atoms with van der Waals surface area (Å²) in [6.07, 6.45) is 1.75. The van der Waals surface area contributed by atoms with Crippen molar-refractivity contribution >= 4 is 41.3 Å². The van der Waals surface area contributed by atoms with Gasteiger partial charge in [-0.05, 0) is 18.4 Å². The fourth-order valence-corrected chi connectivity index (χ4v) is 2.10. The zero-order valence-corrected chi connectivity index (χ0v) is 13.8. The molecule has 0 radical (unpaired) electrons. The molecular formula is C12H20IN3OS. The highest BCUT2D eigenvalue weighted by atomic mass is 127. The summed E-state index contributed by atoms with van der Waals surface area (Å²) in [6, 6.07) is 3.85. The molecule has 4 nitrogen and oxygen atoms in total. The number of aliphatic imine (C=N–C) groups is 1.